The Morgan fingerprint density at radius 1 is 1.46 bits per heavy atom. The Labute approximate surface area is 71.7 Å². The molecule has 0 radical (unpaired) electrons. The zero-order chi connectivity index (χ0) is 10.5. The molecule has 0 saturated carbocycles. The minimum Gasteiger partial charge on any atom is -0.396 e. The lowest BCUT2D eigenvalue weighted by molar-refractivity contribution is -0.169. The van der Waals surface area contributed by atoms with Crippen LogP contribution >= 0.6 is 0 Å². The maximum atomic E-state index is 12.1. The van der Waals surface area contributed by atoms with Gasteiger partial charge in [-0.25, -0.2) is 8.78 Å². The van der Waals surface area contributed by atoms with Crippen LogP contribution in [0.4, 0.5) is 17.6 Å². The number of nitrogens with one attached hydrogen (secondary N) is 1. The van der Waals surface area contributed by atoms with Gasteiger partial charge in [0.2, 0.25) is 0 Å². The third-order valence-corrected chi connectivity index (χ3v) is 1.20. The van der Waals surface area contributed by atoms with E-state index < -0.39 is 18.3 Å². The zero-order valence-corrected chi connectivity index (χ0v) is 6.57. The van der Waals surface area contributed by atoms with E-state index in [1.807, 2.05) is 0 Å². The first kappa shape index (κ1) is 12.2. The predicted octanol–water partition coefficient (Wildman–Crippen LogP) is 0.385. The molecule has 0 aromatic heterocycles. The highest BCUT2D eigenvalue weighted by atomic mass is 19.3. The van der Waals surface area contributed by atoms with Crippen LogP contribution in [0.5, 0.6) is 0 Å². The van der Waals surface area contributed by atoms with Crippen molar-refractivity contribution in [1.82, 2.24) is 5.32 Å². The Morgan fingerprint density at radius 2 is 2.00 bits per heavy atom. The second kappa shape index (κ2) is 5.00. The monoisotopic (exact) mass is 203 g/mol. The van der Waals surface area contributed by atoms with Crippen molar-refractivity contribution in [2.75, 3.05) is 13.2 Å². The topological polar surface area (TPSA) is 49.3 Å². The number of rotatable bonds is 5. The van der Waals surface area contributed by atoms with Crippen molar-refractivity contribution in [3.8, 4) is 0 Å². The molecule has 0 aliphatic heterocycles. The number of hydrogen-bond acceptors (Lipinski definition) is 2. The van der Waals surface area contributed by atoms with Crippen LogP contribution in [0, 0.1) is 0 Å². The number of halogens is 4. The highest BCUT2D eigenvalue weighted by Gasteiger charge is 2.48. The summed E-state index contributed by atoms with van der Waals surface area (Å²) in [7, 11) is 0. The molecule has 0 heterocycles. The fourth-order valence-electron chi connectivity index (χ4n) is 0.498. The van der Waals surface area contributed by atoms with Gasteiger partial charge in [0.15, 0.2) is 0 Å². The Morgan fingerprint density at radius 3 is 2.38 bits per heavy atom. The van der Waals surface area contributed by atoms with E-state index in [-0.39, 0.29) is 19.6 Å². The van der Waals surface area contributed by atoms with E-state index in [0.717, 1.165) is 0 Å². The maximum Gasteiger partial charge on any atom is 0.383 e. The summed E-state index contributed by atoms with van der Waals surface area (Å²) in [5.41, 5.74) is 0. The molecule has 0 unspecified atom stereocenters. The van der Waals surface area contributed by atoms with Gasteiger partial charge in [0.1, 0.15) is 0 Å². The Bertz CT molecular complexity index is 174. The van der Waals surface area contributed by atoms with Crippen molar-refractivity contribution in [3.05, 3.63) is 0 Å². The Hall–Kier alpha value is -0.850. The third kappa shape index (κ3) is 3.58. The number of aliphatic hydroxyl groups excluding tert-OH is 1. The van der Waals surface area contributed by atoms with E-state index in [1.165, 1.54) is 0 Å². The van der Waals surface area contributed by atoms with Crippen LogP contribution < -0.4 is 5.32 Å². The smallest absolute Gasteiger partial charge is 0.383 e. The normalized spacial score (nSPS) is 11.8. The SMILES string of the molecule is O=C(NCCCO)C(F)(F)C(F)F. The maximum absolute atomic E-state index is 12.1. The second-order valence-corrected chi connectivity index (χ2v) is 2.26. The van der Waals surface area contributed by atoms with Gasteiger partial charge in [0.25, 0.3) is 5.91 Å². The molecule has 0 atom stereocenters. The summed E-state index contributed by atoms with van der Waals surface area (Å²) in [6, 6.07) is 0. The minimum absolute atomic E-state index is 0.0467. The molecule has 0 aromatic rings. The molecule has 0 aliphatic rings. The molecule has 0 fully saturated rings. The van der Waals surface area contributed by atoms with E-state index in [2.05, 4.69) is 0 Å². The summed E-state index contributed by atoms with van der Waals surface area (Å²) >= 11 is 0. The zero-order valence-electron chi connectivity index (χ0n) is 6.57. The largest absolute Gasteiger partial charge is 0.396 e. The van der Waals surface area contributed by atoms with Crippen molar-refractivity contribution < 1.29 is 27.5 Å². The van der Waals surface area contributed by atoms with Crippen molar-refractivity contribution >= 4 is 5.91 Å². The molecule has 0 saturated heterocycles. The van der Waals surface area contributed by atoms with Crippen LogP contribution in [0.3, 0.4) is 0 Å². The molecule has 7 heteroatoms. The van der Waals surface area contributed by atoms with Crippen molar-refractivity contribution in [3.63, 3.8) is 0 Å². The lowest BCUT2D eigenvalue weighted by Crippen LogP contribution is -2.45. The number of hydrogen-bond donors (Lipinski definition) is 2. The summed E-state index contributed by atoms with van der Waals surface area (Å²) in [5, 5.41) is 9.78. The first-order valence-electron chi connectivity index (χ1n) is 3.48. The number of amides is 1. The molecule has 2 N–H and O–H groups in total. The number of carbonyl (C=O) groups excluding carboxylic acids is 1. The average molecular weight is 203 g/mol. The van der Waals surface area contributed by atoms with Crippen LogP contribution in [0.2, 0.25) is 0 Å². The van der Waals surface area contributed by atoms with E-state index >= 15 is 0 Å². The highest BCUT2D eigenvalue weighted by Crippen LogP contribution is 2.22. The van der Waals surface area contributed by atoms with Gasteiger partial charge in [0, 0.05) is 13.2 Å². The van der Waals surface area contributed by atoms with Gasteiger partial charge in [-0.15, -0.1) is 0 Å². The molecular weight excluding hydrogens is 194 g/mol. The van der Waals surface area contributed by atoms with E-state index in [9.17, 15) is 22.4 Å². The van der Waals surface area contributed by atoms with Gasteiger partial charge < -0.3 is 10.4 Å². The summed E-state index contributed by atoms with van der Waals surface area (Å²) in [4.78, 5) is 10.4. The van der Waals surface area contributed by atoms with Gasteiger partial charge in [0.05, 0.1) is 0 Å². The molecule has 0 bridgehead atoms. The lowest BCUT2D eigenvalue weighted by atomic mass is 10.3. The third-order valence-electron chi connectivity index (χ3n) is 1.20. The first-order valence-corrected chi connectivity index (χ1v) is 3.48. The number of aliphatic hydroxyl groups is 1. The molecule has 0 aromatic carbocycles. The van der Waals surface area contributed by atoms with E-state index in [1.54, 1.807) is 5.32 Å². The van der Waals surface area contributed by atoms with E-state index in [4.69, 9.17) is 5.11 Å². The van der Waals surface area contributed by atoms with Crippen LogP contribution in [0.15, 0.2) is 0 Å². The van der Waals surface area contributed by atoms with E-state index in [0.29, 0.717) is 0 Å². The van der Waals surface area contributed by atoms with Crippen molar-refractivity contribution in [2.24, 2.45) is 0 Å². The standard InChI is InChI=1S/C6H9F4NO2/c7-4(8)6(9,10)5(13)11-2-1-3-12/h4,12H,1-3H2,(H,11,13). The quantitative estimate of drug-likeness (QED) is 0.501. The molecule has 78 valence electrons. The number of carbonyl (C=O) groups is 1. The molecular formula is C6H9F4NO2. The van der Waals surface area contributed by atoms with Gasteiger partial charge in [-0.1, -0.05) is 0 Å². The highest BCUT2D eigenvalue weighted by molar-refractivity contribution is 5.83. The molecule has 0 rings (SSSR count). The minimum atomic E-state index is -4.66. The lowest BCUT2D eigenvalue weighted by Gasteiger charge is -2.14. The Balaban J connectivity index is 3.95. The second-order valence-electron chi connectivity index (χ2n) is 2.26. The molecule has 1 amide bonds. The molecule has 0 spiro atoms. The summed E-state index contributed by atoms with van der Waals surface area (Å²) in [5.74, 6) is -6.67. The molecule has 13 heavy (non-hydrogen) atoms. The van der Waals surface area contributed by atoms with Crippen molar-refractivity contribution in [1.29, 1.82) is 0 Å². The summed E-state index contributed by atoms with van der Waals surface area (Å²) in [6.45, 7) is -0.557. The fraction of sp³-hybridized carbons (Fsp3) is 0.833. The molecule has 0 aliphatic carbocycles. The summed E-state index contributed by atoms with van der Waals surface area (Å²) in [6.07, 6.45) is -3.97. The Kier molecular flexibility index (Phi) is 4.68. The van der Waals surface area contributed by atoms with Gasteiger partial charge in [-0.3, -0.25) is 4.79 Å². The molecule has 3 nitrogen and oxygen atoms in total. The fourth-order valence-corrected chi connectivity index (χ4v) is 0.498. The first-order chi connectivity index (χ1) is 5.92. The van der Waals surface area contributed by atoms with Gasteiger partial charge >= 0.3 is 12.3 Å². The van der Waals surface area contributed by atoms with Crippen molar-refractivity contribution in [2.45, 2.75) is 18.8 Å². The van der Waals surface area contributed by atoms with Gasteiger partial charge in [-0.05, 0) is 6.42 Å². The summed E-state index contributed by atoms with van der Waals surface area (Å²) < 4.78 is 47.3. The van der Waals surface area contributed by atoms with Crippen LogP contribution in [0.25, 0.3) is 0 Å². The predicted molar refractivity (Wildman–Crippen MR) is 35.7 cm³/mol. The van der Waals surface area contributed by atoms with Gasteiger partial charge in [-0.2, -0.15) is 8.78 Å². The van der Waals surface area contributed by atoms with Crippen LogP contribution in [-0.4, -0.2) is 36.5 Å². The number of alkyl halides is 4. The van der Waals surface area contributed by atoms with Crippen LogP contribution in [-0.2, 0) is 4.79 Å². The van der Waals surface area contributed by atoms with Crippen LogP contribution in [0.1, 0.15) is 6.42 Å². The average Bonchev–Trinajstić information content (AvgIpc) is 2.04.